The van der Waals surface area contributed by atoms with Crippen LogP contribution < -0.4 is 17.1 Å². The second kappa shape index (κ2) is 7.12. The molecule has 7 nitrogen and oxygen atoms in total. The van der Waals surface area contributed by atoms with Crippen molar-refractivity contribution < 1.29 is 0 Å². The van der Waals surface area contributed by atoms with Crippen LogP contribution in [0.3, 0.4) is 0 Å². The Morgan fingerprint density at radius 1 is 1.21 bits per heavy atom. The minimum atomic E-state index is 0.277. The van der Waals surface area contributed by atoms with Gasteiger partial charge in [0.15, 0.2) is 5.84 Å². The second-order valence-corrected chi connectivity index (χ2v) is 5.55. The van der Waals surface area contributed by atoms with Gasteiger partial charge in [0.1, 0.15) is 5.69 Å². The SMILES string of the molecule is NN/N=C(\N)c1ccnc(-c2cn(Cc3cccc(Cl)c3)cn2)c1. The molecule has 0 fully saturated rings. The first-order chi connectivity index (χ1) is 11.7. The van der Waals surface area contributed by atoms with E-state index in [4.69, 9.17) is 23.2 Å². The highest BCUT2D eigenvalue weighted by atomic mass is 35.5. The van der Waals surface area contributed by atoms with Gasteiger partial charge in [-0.15, -0.1) is 5.10 Å². The van der Waals surface area contributed by atoms with Crippen molar-refractivity contribution >= 4 is 17.4 Å². The molecule has 122 valence electrons. The molecular formula is C16H16ClN7. The lowest BCUT2D eigenvalue weighted by atomic mass is 10.2. The fourth-order valence-corrected chi connectivity index (χ4v) is 2.50. The van der Waals surface area contributed by atoms with Crippen LogP contribution in [-0.4, -0.2) is 20.4 Å². The van der Waals surface area contributed by atoms with Crippen LogP contribution in [-0.2, 0) is 6.54 Å². The number of benzene rings is 1. The smallest absolute Gasteiger partial charge is 0.152 e. The molecule has 0 aliphatic heterocycles. The predicted octanol–water partition coefficient (Wildman–Crippen LogP) is 1.73. The lowest BCUT2D eigenvalue weighted by molar-refractivity contribution is 0.797. The molecule has 0 aliphatic rings. The van der Waals surface area contributed by atoms with Gasteiger partial charge in [0.25, 0.3) is 0 Å². The van der Waals surface area contributed by atoms with Gasteiger partial charge in [0.2, 0.25) is 0 Å². The van der Waals surface area contributed by atoms with Crippen molar-refractivity contribution in [1.29, 1.82) is 0 Å². The molecule has 2 heterocycles. The van der Waals surface area contributed by atoms with Crippen molar-refractivity contribution in [2.45, 2.75) is 6.54 Å². The highest BCUT2D eigenvalue weighted by molar-refractivity contribution is 6.30. The van der Waals surface area contributed by atoms with Crippen LogP contribution in [0.15, 0.2) is 60.2 Å². The zero-order chi connectivity index (χ0) is 16.9. The third kappa shape index (κ3) is 3.70. The molecule has 2 aromatic heterocycles. The number of aromatic nitrogens is 3. The Bertz CT molecular complexity index is 872. The Hall–Kier alpha value is -2.90. The van der Waals surface area contributed by atoms with Crippen molar-refractivity contribution in [2.75, 3.05) is 0 Å². The Labute approximate surface area is 144 Å². The average molecular weight is 342 g/mol. The summed E-state index contributed by atoms with van der Waals surface area (Å²) in [6.07, 6.45) is 5.32. The summed E-state index contributed by atoms with van der Waals surface area (Å²) in [5, 5.41) is 4.47. The normalized spacial score (nSPS) is 11.5. The lowest BCUT2D eigenvalue weighted by Crippen LogP contribution is -2.23. The third-order valence-electron chi connectivity index (χ3n) is 3.39. The number of amidine groups is 1. The topological polar surface area (TPSA) is 107 Å². The summed E-state index contributed by atoms with van der Waals surface area (Å²) in [5.41, 5.74) is 11.2. The summed E-state index contributed by atoms with van der Waals surface area (Å²) in [6.45, 7) is 0.675. The van der Waals surface area contributed by atoms with Gasteiger partial charge in [-0.25, -0.2) is 16.4 Å². The maximum absolute atomic E-state index is 6.01. The highest BCUT2D eigenvalue weighted by Gasteiger charge is 2.07. The van der Waals surface area contributed by atoms with Gasteiger partial charge in [0.05, 0.1) is 12.0 Å². The maximum atomic E-state index is 6.01. The van der Waals surface area contributed by atoms with Crippen LogP contribution in [0.2, 0.25) is 5.02 Å². The molecule has 24 heavy (non-hydrogen) atoms. The van der Waals surface area contributed by atoms with E-state index in [0.717, 1.165) is 11.3 Å². The predicted molar refractivity (Wildman–Crippen MR) is 94.1 cm³/mol. The number of hydrazone groups is 1. The van der Waals surface area contributed by atoms with Gasteiger partial charge < -0.3 is 10.3 Å². The molecular weight excluding hydrogens is 326 g/mol. The standard InChI is InChI=1S/C16H16ClN7/c17-13-3-1-2-11(6-13)8-24-9-15(21-10-24)14-7-12(4-5-20-14)16(18)22-23-19/h1-7,9-10,23H,8,19H2,(H2,18,22). The molecule has 0 saturated heterocycles. The van der Waals surface area contributed by atoms with Crippen LogP contribution in [0.1, 0.15) is 11.1 Å². The van der Waals surface area contributed by atoms with E-state index in [1.165, 1.54) is 0 Å². The summed E-state index contributed by atoms with van der Waals surface area (Å²) in [5.74, 6) is 5.42. The lowest BCUT2D eigenvalue weighted by Gasteiger charge is -2.03. The molecule has 8 heteroatoms. The number of nitrogens with one attached hydrogen (secondary N) is 1. The number of rotatable bonds is 5. The van der Waals surface area contributed by atoms with E-state index in [0.29, 0.717) is 22.8 Å². The number of pyridine rings is 1. The first kappa shape index (κ1) is 16.0. The molecule has 0 amide bonds. The van der Waals surface area contributed by atoms with E-state index in [1.54, 1.807) is 18.6 Å². The summed E-state index contributed by atoms with van der Waals surface area (Å²) in [4.78, 5) is 8.73. The number of hydrazine groups is 1. The first-order valence-corrected chi connectivity index (χ1v) is 7.55. The van der Waals surface area contributed by atoms with Gasteiger partial charge in [-0.1, -0.05) is 23.7 Å². The van der Waals surface area contributed by atoms with E-state index in [1.807, 2.05) is 41.1 Å². The number of hydrogen-bond acceptors (Lipinski definition) is 5. The van der Waals surface area contributed by atoms with Crippen molar-refractivity contribution in [3.8, 4) is 11.4 Å². The quantitative estimate of drug-likeness (QED) is 0.283. The van der Waals surface area contributed by atoms with Crippen molar-refractivity contribution in [2.24, 2.45) is 16.7 Å². The fraction of sp³-hybridized carbons (Fsp3) is 0.0625. The average Bonchev–Trinajstić information content (AvgIpc) is 3.04. The molecule has 0 bridgehead atoms. The first-order valence-electron chi connectivity index (χ1n) is 7.17. The molecule has 1 aromatic carbocycles. The van der Waals surface area contributed by atoms with Gasteiger partial charge >= 0.3 is 0 Å². The molecule has 0 atom stereocenters. The van der Waals surface area contributed by atoms with E-state index >= 15 is 0 Å². The number of halogens is 1. The van der Waals surface area contributed by atoms with Crippen LogP contribution >= 0.6 is 11.6 Å². The number of nitrogens with two attached hydrogens (primary N) is 2. The van der Waals surface area contributed by atoms with Crippen molar-refractivity contribution in [3.05, 3.63) is 71.3 Å². The van der Waals surface area contributed by atoms with Gasteiger partial charge in [-0.05, 0) is 29.8 Å². The maximum Gasteiger partial charge on any atom is 0.152 e. The van der Waals surface area contributed by atoms with E-state index in [2.05, 4.69) is 20.6 Å². The molecule has 5 N–H and O–H groups in total. The summed E-state index contributed by atoms with van der Waals surface area (Å²) in [7, 11) is 0. The number of nitrogens with zero attached hydrogens (tertiary/aromatic N) is 4. The summed E-state index contributed by atoms with van der Waals surface area (Å²) in [6, 6.07) is 11.3. The molecule has 0 aliphatic carbocycles. The van der Waals surface area contributed by atoms with E-state index in [-0.39, 0.29) is 5.84 Å². The molecule has 0 radical (unpaired) electrons. The molecule has 3 aromatic rings. The van der Waals surface area contributed by atoms with Crippen LogP contribution in [0.5, 0.6) is 0 Å². The Morgan fingerprint density at radius 3 is 2.88 bits per heavy atom. The van der Waals surface area contributed by atoms with Crippen LogP contribution in [0.25, 0.3) is 11.4 Å². The van der Waals surface area contributed by atoms with Crippen LogP contribution in [0, 0.1) is 0 Å². The molecule has 0 saturated carbocycles. The zero-order valence-electron chi connectivity index (χ0n) is 12.7. The monoisotopic (exact) mass is 341 g/mol. The Morgan fingerprint density at radius 2 is 2.08 bits per heavy atom. The molecule has 0 spiro atoms. The van der Waals surface area contributed by atoms with E-state index < -0.39 is 0 Å². The summed E-state index contributed by atoms with van der Waals surface area (Å²) < 4.78 is 1.97. The van der Waals surface area contributed by atoms with Crippen LogP contribution in [0.4, 0.5) is 0 Å². The van der Waals surface area contributed by atoms with Gasteiger partial charge in [-0.2, -0.15) is 0 Å². The minimum Gasteiger partial charge on any atom is -0.382 e. The molecule has 0 unspecified atom stereocenters. The number of imidazole rings is 1. The highest BCUT2D eigenvalue weighted by Crippen LogP contribution is 2.17. The zero-order valence-corrected chi connectivity index (χ0v) is 13.5. The Balaban J connectivity index is 1.83. The largest absolute Gasteiger partial charge is 0.382 e. The third-order valence-corrected chi connectivity index (χ3v) is 3.63. The number of hydrogen-bond donors (Lipinski definition) is 3. The second-order valence-electron chi connectivity index (χ2n) is 5.12. The van der Waals surface area contributed by atoms with Crippen molar-refractivity contribution in [1.82, 2.24) is 20.1 Å². The van der Waals surface area contributed by atoms with Gasteiger partial charge in [-0.3, -0.25) is 4.98 Å². The summed E-state index contributed by atoms with van der Waals surface area (Å²) >= 11 is 6.01. The minimum absolute atomic E-state index is 0.277. The Kier molecular flexibility index (Phi) is 4.74. The fourth-order valence-electron chi connectivity index (χ4n) is 2.29. The van der Waals surface area contributed by atoms with Crippen molar-refractivity contribution in [3.63, 3.8) is 0 Å². The molecule has 3 rings (SSSR count). The van der Waals surface area contributed by atoms with E-state index in [9.17, 15) is 0 Å². The van der Waals surface area contributed by atoms with Gasteiger partial charge in [0, 0.05) is 29.5 Å².